The van der Waals surface area contributed by atoms with Crippen LogP contribution in [0.5, 0.6) is 0 Å². The molecule has 8 amide bonds. The van der Waals surface area contributed by atoms with Gasteiger partial charge in [0.2, 0.25) is 17.7 Å². The van der Waals surface area contributed by atoms with Crippen LogP contribution in [0.4, 0.5) is 15.3 Å². The Morgan fingerprint density at radius 3 is 2.17 bits per heavy atom. The number of hydrogen-bond acceptors (Lipinski definition) is 9. The molecule has 16 heteroatoms. The van der Waals surface area contributed by atoms with Gasteiger partial charge >= 0.3 is 12.1 Å². The number of benzene rings is 1. The van der Waals surface area contributed by atoms with Crippen molar-refractivity contribution < 1.29 is 38.3 Å². The molecule has 0 fully saturated rings. The van der Waals surface area contributed by atoms with E-state index in [0.29, 0.717) is 43.5 Å². The van der Waals surface area contributed by atoms with Crippen LogP contribution in [-0.2, 0) is 35.3 Å². The highest BCUT2D eigenvalue weighted by Crippen LogP contribution is 2.17. The molecule has 1 aromatic carbocycles. The average molecular weight is 729 g/mol. The predicted octanol–water partition coefficient (Wildman–Crippen LogP) is 2.00. The number of ether oxygens (including phenoxy) is 1. The summed E-state index contributed by atoms with van der Waals surface area (Å²) in [6.45, 7) is 9.38. The van der Waals surface area contributed by atoms with E-state index >= 15 is 0 Å². The Morgan fingerprint density at radius 1 is 0.923 bits per heavy atom. The Kier molecular flexibility index (Phi) is 17.8. The van der Waals surface area contributed by atoms with E-state index < -0.39 is 36.0 Å². The molecule has 1 aliphatic rings. The molecule has 7 N–H and O–H groups in total. The van der Waals surface area contributed by atoms with E-state index in [1.165, 1.54) is 17.1 Å². The molecule has 0 spiro atoms. The summed E-state index contributed by atoms with van der Waals surface area (Å²) in [6, 6.07) is 4.10. The summed E-state index contributed by atoms with van der Waals surface area (Å²) in [5, 5.41) is 13.9. The van der Waals surface area contributed by atoms with Gasteiger partial charge in [0.25, 0.3) is 11.8 Å². The fourth-order valence-corrected chi connectivity index (χ4v) is 5.62. The number of anilines is 1. The van der Waals surface area contributed by atoms with Crippen molar-refractivity contribution in [1.29, 1.82) is 0 Å². The van der Waals surface area contributed by atoms with E-state index in [1.807, 2.05) is 20.9 Å². The van der Waals surface area contributed by atoms with Gasteiger partial charge in [0.15, 0.2) is 0 Å². The lowest BCUT2D eigenvalue weighted by Gasteiger charge is -2.29. The number of rotatable bonds is 22. The van der Waals surface area contributed by atoms with Crippen molar-refractivity contribution in [2.24, 2.45) is 17.1 Å². The van der Waals surface area contributed by atoms with Gasteiger partial charge in [-0.25, -0.2) is 9.59 Å². The number of amides is 8. The molecule has 1 unspecified atom stereocenters. The Bertz CT molecular complexity index is 1410. The van der Waals surface area contributed by atoms with E-state index in [9.17, 15) is 33.6 Å². The SMILES string of the molecule is CNCC(C)(C)CN(C)C(=O)OCc1ccc(NC(=O)[C@H](CCCNC(N)=O)NC(=O)C(NC(=O)CCCCCN2C(=O)C=CC2=O)C(C)C)cc1. The van der Waals surface area contributed by atoms with E-state index in [2.05, 4.69) is 26.6 Å². The summed E-state index contributed by atoms with van der Waals surface area (Å²) in [7, 11) is 3.54. The molecule has 0 bridgehead atoms. The van der Waals surface area contributed by atoms with Crippen molar-refractivity contribution in [2.45, 2.75) is 84.9 Å². The molecule has 288 valence electrons. The van der Waals surface area contributed by atoms with Crippen LogP contribution < -0.4 is 32.3 Å². The molecule has 2 atom stereocenters. The topological polar surface area (TPSA) is 221 Å². The molecule has 0 saturated heterocycles. The third kappa shape index (κ3) is 15.5. The minimum absolute atomic E-state index is 0.0377. The van der Waals surface area contributed by atoms with Gasteiger partial charge in [-0.1, -0.05) is 46.2 Å². The highest BCUT2D eigenvalue weighted by molar-refractivity contribution is 6.12. The lowest BCUT2D eigenvalue weighted by atomic mass is 9.93. The van der Waals surface area contributed by atoms with E-state index in [1.54, 1.807) is 45.2 Å². The summed E-state index contributed by atoms with van der Waals surface area (Å²) in [4.78, 5) is 89.3. The van der Waals surface area contributed by atoms with Crippen LogP contribution >= 0.6 is 0 Å². The number of hydrogen-bond donors (Lipinski definition) is 6. The van der Waals surface area contributed by atoms with E-state index in [4.69, 9.17) is 10.5 Å². The molecule has 0 aromatic heterocycles. The van der Waals surface area contributed by atoms with Crippen LogP contribution in [0.1, 0.15) is 71.8 Å². The van der Waals surface area contributed by atoms with Crippen molar-refractivity contribution in [2.75, 3.05) is 45.6 Å². The molecule has 16 nitrogen and oxygen atoms in total. The number of carbonyl (C=O) groups is 7. The van der Waals surface area contributed by atoms with Gasteiger partial charge in [0, 0.05) is 57.5 Å². The first-order chi connectivity index (χ1) is 24.5. The monoisotopic (exact) mass is 728 g/mol. The number of carbonyl (C=O) groups excluding carboxylic acids is 7. The number of imide groups is 1. The average Bonchev–Trinajstić information content (AvgIpc) is 3.39. The first-order valence-corrected chi connectivity index (χ1v) is 17.6. The zero-order chi connectivity index (χ0) is 38.8. The van der Waals surface area contributed by atoms with Gasteiger partial charge in [0.05, 0.1) is 0 Å². The number of nitrogens with zero attached hydrogens (tertiary/aromatic N) is 2. The molecule has 0 aliphatic carbocycles. The Balaban J connectivity index is 1.95. The number of nitrogens with one attached hydrogen (secondary N) is 5. The van der Waals surface area contributed by atoms with Crippen LogP contribution in [0, 0.1) is 11.3 Å². The lowest BCUT2D eigenvalue weighted by molar-refractivity contribution is -0.137. The maximum absolute atomic E-state index is 13.4. The second kappa shape index (κ2) is 21.4. The van der Waals surface area contributed by atoms with Crippen LogP contribution in [0.2, 0.25) is 0 Å². The normalized spacial score (nSPS) is 13.8. The van der Waals surface area contributed by atoms with Crippen molar-refractivity contribution in [3.63, 3.8) is 0 Å². The highest BCUT2D eigenvalue weighted by atomic mass is 16.6. The quantitative estimate of drug-likeness (QED) is 0.0758. The number of urea groups is 1. The number of unbranched alkanes of at least 4 members (excludes halogenated alkanes) is 2. The lowest BCUT2D eigenvalue weighted by Crippen LogP contribution is -2.54. The first-order valence-electron chi connectivity index (χ1n) is 17.6. The van der Waals surface area contributed by atoms with Gasteiger partial charge in [-0.2, -0.15) is 0 Å². The molecule has 1 aliphatic heterocycles. The molecule has 2 rings (SSSR count). The highest BCUT2D eigenvalue weighted by Gasteiger charge is 2.29. The van der Waals surface area contributed by atoms with Gasteiger partial charge in [-0.05, 0) is 61.8 Å². The summed E-state index contributed by atoms with van der Waals surface area (Å²) in [5.74, 6) is -2.38. The Labute approximate surface area is 306 Å². The van der Waals surface area contributed by atoms with Crippen LogP contribution in [0.15, 0.2) is 36.4 Å². The fraction of sp³-hybridized carbons (Fsp3) is 0.583. The molecular weight excluding hydrogens is 672 g/mol. The van der Waals surface area contributed by atoms with Crippen molar-refractivity contribution in [3.05, 3.63) is 42.0 Å². The second-order valence-electron chi connectivity index (χ2n) is 14.0. The minimum Gasteiger partial charge on any atom is -0.445 e. The largest absolute Gasteiger partial charge is 0.445 e. The van der Waals surface area contributed by atoms with Crippen LogP contribution in [-0.4, -0.2) is 104 Å². The Hall–Kier alpha value is -4.99. The third-order valence-electron chi connectivity index (χ3n) is 8.27. The summed E-state index contributed by atoms with van der Waals surface area (Å²) >= 11 is 0. The standard InChI is InChI=1S/C36H56N8O8/c1-24(2)31(42-28(45)12-8-7-9-20-44-29(46)17-18-30(44)47)33(49)41-27(11-10-19-39-34(37)50)32(48)40-26-15-13-25(14-16-26)21-52-35(51)43(6)23-36(3,4)22-38-5/h13-18,24,27,31,38H,7-12,19-23H2,1-6H3,(H,40,48)(H,41,49)(H,42,45)(H3,37,39,50)/t27-,31?/m0/s1. The molecule has 0 radical (unpaired) electrons. The molecular formula is C36H56N8O8. The summed E-state index contributed by atoms with van der Waals surface area (Å²) in [6.07, 6.45) is 4.28. The third-order valence-corrected chi connectivity index (χ3v) is 8.27. The maximum atomic E-state index is 13.4. The van der Waals surface area contributed by atoms with Gasteiger partial charge in [-0.15, -0.1) is 0 Å². The minimum atomic E-state index is -1.01. The van der Waals surface area contributed by atoms with Crippen molar-refractivity contribution >= 4 is 47.3 Å². The fourth-order valence-electron chi connectivity index (χ4n) is 5.62. The van der Waals surface area contributed by atoms with Crippen molar-refractivity contribution in [3.8, 4) is 0 Å². The van der Waals surface area contributed by atoms with Crippen molar-refractivity contribution in [1.82, 2.24) is 31.1 Å². The zero-order valence-corrected chi connectivity index (χ0v) is 31.2. The van der Waals surface area contributed by atoms with Gasteiger partial charge < -0.3 is 42.0 Å². The molecule has 52 heavy (non-hydrogen) atoms. The number of primary amides is 1. The molecule has 1 aromatic rings. The molecule has 0 saturated carbocycles. The first kappa shape index (κ1) is 43.2. The van der Waals surface area contributed by atoms with E-state index in [-0.39, 0.29) is 61.6 Å². The zero-order valence-electron chi connectivity index (χ0n) is 31.2. The second-order valence-corrected chi connectivity index (χ2v) is 14.0. The van der Waals surface area contributed by atoms with Crippen LogP contribution in [0.3, 0.4) is 0 Å². The number of nitrogens with two attached hydrogens (primary N) is 1. The molecule has 1 heterocycles. The van der Waals surface area contributed by atoms with Crippen LogP contribution in [0.25, 0.3) is 0 Å². The smallest absolute Gasteiger partial charge is 0.409 e. The van der Waals surface area contributed by atoms with Gasteiger partial charge in [-0.3, -0.25) is 28.9 Å². The summed E-state index contributed by atoms with van der Waals surface area (Å²) < 4.78 is 5.45. The Morgan fingerprint density at radius 2 is 1.58 bits per heavy atom. The maximum Gasteiger partial charge on any atom is 0.409 e. The van der Waals surface area contributed by atoms with Gasteiger partial charge in [0.1, 0.15) is 18.7 Å². The summed E-state index contributed by atoms with van der Waals surface area (Å²) in [5.41, 5.74) is 6.18. The van der Waals surface area contributed by atoms with E-state index in [0.717, 1.165) is 11.4 Å². The predicted molar refractivity (Wildman–Crippen MR) is 195 cm³/mol.